The van der Waals surface area contributed by atoms with Crippen LogP contribution in [0.1, 0.15) is 0 Å². The highest BCUT2D eigenvalue weighted by molar-refractivity contribution is 7.99. The van der Waals surface area contributed by atoms with Crippen molar-refractivity contribution in [3.63, 3.8) is 0 Å². The van der Waals surface area contributed by atoms with Gasteiger partial charge in [0.05, 0.1) is 39.6 Å². The number of rotatable bonds is 18. The minimum Gasteiger partial charge on any atom is -0.394 e. The second-order valence-electron chi connectivity index (χ2n) is 18.4. The largest absolute Gasteiger partial charge is 0.394 e. The molecule has 6 fully saturated rings. The number of ether oxygens (including phenoxy) is 11. The molecule has 16 unspecified atom stereocenters. The monoisotopic (exact) mass is 1080 g/mol. The van der Waals surface area contributed by atoms with Crippen molar-refractivity contribution in [2.45, 2.75) is 188 Å². The first-order valence-electron chi connectivity index (χ1n) is 23.2. The van der Waals surface area contributed by atoms with Gasteiger partial charge in [0.2, 0.25) is 0 Å². The lowest BCUT2D eigenvalue weighted by molar-refractivity contribution is -0.351. The van der Waals surface area contributed by atoms with Crippen LogP contribution in [0.15, 0.2) is 35.2 Å². The average molecular weight is 1080 g/mol. The summed E-state index contributed by atoms with van der Waals surface area (Å²) in [5.41, 5.74) is -1.07. The number of aliphatic hydroxyl groups is 19. The Balaban J connectivity index is 0.907. The first-order valence-corrected chi connectivity index (χ1v) is 24.1. The Morgan fingerprint density at radius 1 is 0.301 bits per heavy atom. The summed E-state index contributed by atoms with van der Waals surface area (Å²) in [5, 5.41) is 200. The first kappa shape index (κ1) is 59.0. The molecule has 31 heteroatoms. The highest BCUT2D eigenvalue weighted by Crippen LogP contribution is 2.35. The van der Waals surface area contributed by atoms with Gasteiger partial charge in [-0.3, -0.25) is 0 Å². The SMILES string of the molecule is OC[C@H]1O[C@@H](OCC2OC(OC[C@H]3O[C@@H](OCC4OC(OCC5O[C@@H](OCC6OC(Sc7ccccc7)[C@H](O)C(O)[C@@H]6O)C(O)[C@@H](O)C5O)[C@H](O)C(O)[C@@H]4O)C(O)[C@@H](O)C3O)[C@H](O)C(O)[C@@H]2O)C(O)[C@@H](O)C1O. The fraction of sp³-hybridized carbons (Fsp3) is 0.857. The number of benzene rings is 1. The van der Waals surface area contributed by atoms with Crippen LogP contribution in [0.3, 0.4) is 0 Å². The standard InChI is InChI=1S/C42H66O30S/c43-6-13-19(44)25(50)31(56)37(67-13)62-7-14-20(45)26(51)32(57)38(68-14)63-8-15-21(46)27(52)33(58)39(69-15)64-9-16-22(47)28(53)34(59)40(70-16)65-10-17-23(48)29(54)35(60)41(71-17)66-11-18-24(49)30(55)36(61)42(72-18)73-12-4-2-1-3-5-12/h1-5,13-61H,6-11H2/t13-,14?,15-,16?,17?,18?,19?,20-,21?,22-,23?,24-,25+,26?,27+,28?,29+,30?,31?,32-,33?,34-,35?,36-,37-,38?,39-,40?,41-,42?/m1/s1. The maximum Gasteiger partial charge on any atom is 0.186 e. The van der Waals surface area contributed by atoms with Gasteiger partial charge in [0.1, 0.15) is 152 Å². The summed E-state index contributed by atoms with van der Waals surface area (Å²) < 4.78 is 61.2. The van der Waals surface area contributed by atoms with Crippen LogP contribution < -0.4 is 0 Å². The van der Waals surface area contributed by atoms with E-state index in [2.05, 4.69) is 0 Å². The number of aliphatic hydroxyl groups excluding tert-OH is 19. The third kappa shape index (κ3) is 13.3. The lowest BCUT2D eigenvalue weighted by Gasteiger charge is -2.45. The van der Waals surface area contributed by atoms with Crippen LogP contribution in [0.25, 0.3) is 0 Å². The van der Waals surface area contributed by atoms with E-state index in [4.69, 9.17) is 52.1 Å². The Hall–Kier alpha value is -1.63. The van der Waals surface area contributed by atoms with Gasteiger partial charge in [-0.15, -0.1) is 0 Å². The third-order valence-corrected chi connectivity index (χ3v) is 14.5. The lowest BCUT2D eigenvalue weighted by atomic mass is 9.97. The Kier molecular flexibility index (Phi) is 20.9. The summed E-state index contributed by atoms with van der Waals surface area (Å²) in [6.45, 7) is -4.34. The van der Waals surface area contributed by atoms with Crippen molar-refractivity contribution >= 4 is 11.8 Å². The van der Waals surface area contributed by atoms with Gasteiger partial charge in [-0.05, 0) is 12.1 Å². The summed E-state index contributed by atoms with van der Waals surface area (Å²) in [4.78, 5) is 0.671. The maximum atomic E-state index is 10.8. The molecule has 0 bridgehead atoms. The van der Waals surface area contributed by atoms with Crippen LogP contribution >= 0.6 is 11.8 Å². The minimum atomic E-state index is -2.00. The van der Waals surface area contributed by atoms with Gasteiger partial charge in [0.15, 0.2) is 31.5 Å². The highest BCUT2D eigenvalue weighted by atomic mass is 32.2. The second kappa shape index (κ2) is 25.9. The van der Waals surface area contributed by atoms with Crippen LogP contribution in [0.2, 0.25) is 0 Å². The zero-order chi connectivity index (χ0) is 53.2. The normalized spacial score (nSPS) is 49.9. The molecule has 6 heterocycles. The van der Waals surface area contributed by atoms with Gasteiger partial charge in [0, 0.05) is 4.90 Å². The molecule has 19 N–H and O–H groups in total. The predicted molar refractivity (Wildman–Crippen MR) is 229 cm³/mol. The molecule has 420 valence electrons. The molecule has 30 atom stereocenters. The van der Waals surface area contributed by atoms with Crippen molar-refractivity contribution in [1.29, 1.82) is 0 Å². The van der Waals surface area contributed by atoms with E-state index < -0.39 is 223 Å². The van der Waals surface area contributed by atoms with Crippen LogP contribution in [-0.2, 0) is 52.1 Å². The van der Waals surface area contributed by atoms with Gasteiger partial charge in [-0.25, -0.2) is 0 Å². The lowest BCUT2D eigenvalue weighted by Crippen LogP contribution is -2.63. The van der Waals surface area contributed by atoms with E-state index in [0.29, 0.717) is 4.90 Å². The van der Waals surface area contributed by atoms with E-state index in [0.717, 1.165) is 11.8 Å². The third-order valence-electron chi connectivity index (χ3n) is 13.3. The van der Waals surface area contributed by atoms with E-state index in [1.54, 1.807) is 30.3 Å². The molecule has 6 aliphatic heterocycles. The number of hydrogen-bond acceptors (Lipinski definition) is 31. The fourth-order valence-electron chi connectivity index (χ4n) is 8.71. The molecule has 0 aliphatic carbocycles. The molecule has 0 radical (unpaired) electrons. The van der Waals surface area contributed by atoms with Crippen molar-refractivity contribution in [1.82, 2.24) is 0 Å². The molecular weight excluding hydrogens is 1020 g/mol. The molecule has 0 aromatic heterocycles. The van der Waals surface area contributed by atoms with Crippen LogP contribution in [0.4, 0.5) is 0 Å². The molecule has 0 spiro atoms. The van der Waals surface area contributed by atoms with Gasteiger partial charge >= 0.3 is 0 Å². The predicted octanol–water partition coefficient (Wildman–Crippen LogP) is -11.3. The van der Waals surface area contributed by atoms with Crippen molar-refractivity contribution < 1.29 is 149 Å². The molecule has 30 nitrogen and oxygen atoms in total. The Morgan fingerprint density at radius 2 is 0.548 bits per heavy atom. The van der Waals surface area contributed by atoms with Gasteiger partial charge in [-0.1, -0.05) is 30.0 Å². The summed E-state index contributed by atoms with van der Waals surface area (Å²) in [5.74, 6) is 0. The molecule has 1 aromatic carbocycles. The van der Waals surface area contributed by atoms with Gasteiger partial charge in [-0.2, -0.15) is 0 Å². The quantitative estimate of drug-likeness (QED) is 0.0649. The molecule has 7 rings (SSSR count). The van der Waals surface area contributed by atoms with E-state index in [1.807, 2.05) is 0 Å². The molecule has 6 aliphatic rings. The van der Waals surface area contributed by atoms with Crippen molar-refractivity contribution in [3.05, 3.63) is 30.3 Å². The molecular formula is C42H66O30S. The average Bonchev–Trinajstić information content (AvgIpc) is 3.38. The second-order valence-corrected chi connectivity index (χ2v) is 19.5. The minimum absolute atomic E-state index is 0.572. The van der Waals surface area contributed by atoms with E-state index >= 15 is 0 Å². The van der Waals surface area contributed by atoms with Crippen LogP contribution in [-0.4, -0.2) is 320 Å². The summed E-state index contributed by atoms with van der Waals surface area (Å²) >= 11 is 1.06. The van der Waals surface area contributed by atoms with Gasteiger partial charge in [0.25, 0.3) is 0 Å². The highest BCUT2D eigenvalue weighted by Gasteiger charge is 2.52. The molecule has 73 heavy (non-hydrogen) atoms. The summed E-state index contributed by atoms with van der Waals surface area (Å²) in [7, 11) is 0. The van der Waals surface area contributed by atoms with Crippen LogP contribution in [0.5, 0.6) is 0 Å². The zero-order valence-corrected chi connectivity index (χ0v) is 39.2. The smallest absolute Gasteiger partial charge is 0.186 e. The maximum absolute atomic E-state index is 10.8. The topological polar surface area (TPSA) is 486 Å². The fourth-order valence-corrected chi connectivity index (χ4v) is 9.79. The van der Waals surface area contributed by atoms with E-state index in [9.17, 15) is 97.0 Å². The van der Waals surface area contributed by atoms with E-state index in [1.165, 1.54) is 0 Å². The van der Waals surface area contributed by atoms with Crippen molar-refractivity contribution in [2.24, 2.45) is 0 Å². The Labute approximate surface area is 418 Å². The van der Waals surface area contributed by atoms with E-state index in [-0.39, 0.29) is 0 Å². The van der Waals surface area contributed by atoms with Crippen LogP contribution in [0, 0.1) is 0 Å². The molecule has 6 saturated heterocycles. The summed E-state index contributed by atoms with van der Waals surface area (Å²) in [6, 6.07) is 8.71. The number of thioether (sulfide) groups is 1. The first-order chi connectivity index (χ1) is 34.6. The molecule has 0 amide bonds. The number of hydrogen-bond donors (Lipinski definition) is 19. The van der Waals surface area contributed by atoms with Gasteiger partial charge < -0.3 is 149 Å². The molecule has 0 saturated carbocycles. The Morgan fingerprint density at radius 3 is 0.836 bits per heavy atom. The molecule has 1 aromatic rings. The Bertz CT molecular complexity index is 1820. The van der Waals surface area contributed by atoms with Crippen molar-refractivity contribution in [3.8, 4) is 0 Å². The summed E-state index contributed by atoms with van der Waals surface area (Å²) in [6.07, 6.45) is -51.2. The van der Waals surface area contributed by atoms with Crippen molar-refractivity contribution in [2.75, 3.05) is 39.6 Å². The zero-order valence-electron chi connectivity index (χ0n) is 38.3.